The van der Waals surface area contributed by atoms with Crippen molar-refractivity contribution in [2.24, 2.45) is 0 Å². The lowest BCUT2D eigenvalue weighted by Crippen LogP contribution is -2.05. The van der Waals surface area contributed by atoms with Crippen molar-refractivity contribution in [2.45, 2.75) is 20.3 Å². The Morgan fingerprint density at radius 2 is 2.07 bits per heavy atom. The molecule has 0 unspecified atom stereocenters. The molecule has 14 heavy (non-hydrogen) atoms. The van der Waals surface area contributed by atoms with Crippen molar-refractivity contribution in [1.29, 1.82) is 0 Å². The average molecular weight is 193 g/mol. The minimum Gasteiger partial charge on any atom is -0.385 e. The molecule has 1 N–H and O–H groups in total. The van der Waals surface area contributed by atoms with E-state index in [4.69, 9.17) is 4.74 Å². The molecular formula is C12H19NO. The van der Waals surface area contributed by atoms with Crippen LogP contribution in [0.5, 0.6) is 0 Å². The van der Waals surface area contributed by atoms with Gasteiger partial charge in [0, 0.05) is 25.9 Å². The summed E-state index contributed by atoms with van der Waals surface area (Å²) in [4.78, 5) is 0. The average Bonchev–Trinajstić information content (AvgIpc) is 2.18. The number of hydrogen-bond acceptors (Lipinski definition) is 2. The summed E-state index contributed by atoms with van der Waals surface area (Å²) >= 11 is 0. The number of ether oxygens (including phenoxy) is 1. The molecule has 0 spiro atoms. The highest BCUT2D eigenvalue weighted by Gasteiger charge is 1.96. The highest BCUT2D eigenvalue weighted by Crippen LogP contribution is 2.15. The zero-order chi connectivity index (χ0) is 10.4. The first-order valence-corrected chi connectivity index (χ1v) is 5.04. The van der Waals surface area contributed by atoms with Crippen LogP contribution in [0.15, 0.2) is 18.2 Å². The zero-order valence-electron chi connectivity index (χ0n) is 9.26. The molecule has 0 saturated heterocycles. The number of methoxy groups -OCH3 is 1. The standard InChI is InChI=1S/C12H19NO/c1-10-5-6-11(2)12(9-10)13-7-4-8-14-3/h5-6,9,13H,4,7-8H2,1-3H3. The lowest BCUT2D eigenvalue weighted by molar-refractivity contribution is 0.198. The predicted octanol–water partition coefficient (Wildman–Crippen LogP) is 2.75. The molecule has 0 saturated carbocycles. The van der Waals surface area contributed by atoms with Crippen molar-refractivity contribution < 1.29 is 4.74 Å². The highest BCUT2D eigenvalue weighted by molar-refractivity contribution is 5.52. The third-order valence-electron chi connectivity index (χ3n) is 2.23. The summed E-state index contributed by atoms with van der Waals surface area (Å²) in [7, 11) is 1.73. The largest absolute Gasteiger partial charge is 0.385 e. The Balaban J connectivity index is 2.45. The topological polar surface area (TPSA) is 21.3 Å². The van der Waals surface area contributed by atoms with E-state index in [0.29, 0.717) is 0 Å². The van der Waals surface area contributed by atoms with Gasteiger partial charge in [0.1, 0.15) is 0 Å². The molecule has 0 heterocycles. The Hall–Kier alpha value is -1.02. The van der Waals surface area contributed by atoms with Gasteiger partial charge in [0.05, 0.1) is 0 Å². The Kier molecular flexibility index (Phi) is 4.47. The summed E-state index contributed by atoms with van der Waals surface area (Å²) in [6.07, 6.45) is 1.05. The monoisotopic (exact) mass is 193 g/mol. The predicted molar refractivity (Wildman–Crippen MR) is 60.9 cm³/mol. The maximum absolute atomic E-state index is 4.99. The van der Waals surface area contributed by atoms with Crippen molar-refractivity contribution in [3.8, 4) is 0 Å². The van der Waals surface area contributed by atoms with E-state index >= 15 is 0 Å². The second-order valence-corrected chi connectivity index (χ2v) is 3.59. The molecule has 0 amide bonds. The molecule has 0 aliphatic carbocycles. The molecule has 1 aromatic rings. The van der Waals surface area contributed by atoms with Crippen molar-refractivity contribution in [1.82, 2.24) is 0 Å². The van der Waals surface area contributed by atoms with Gasteiger partial charge >= 0.3 is 0 Å². The fraction of sp³-hybridized carbons (Fsp3) is 0.500. The van der Waals surface area contributed by atoms with Crippen LogP contribution in [-0.4, -0.2) is 20.3 Å². The van der Waals surface area contributed by atoms with Crippen LogP contribution in [0.1, 0.15) is 17.5 Å². The van der Waals surface area contributed by atoms with Crippen LogP contribution in [0.2, 0.25) is 0 Å². The molecule has 0 fully saturated rings. The Labute approximate surface area is 86.3 Å². The van der Waals surface area contributed by atoms with Gasteiger partial charge < -0.3 is 10.1 Å². The fourth-order valence-electron chi connectivity index (χ4n) is 1.37. The molecule has 78 valence electrons. The highest BCUT2D eigenvalue weighted by atomic mass is 16.5. The number of rotatable bonds is 5. The quantitative estimate of drug-likeness (QED) is 0.726. The normalized spacial score (nSPS) is 10.2. The third-order valence-corrected chi connectivity index (χ3v) is 2.23. The maximum atomic E-state index is 4.99. The first-order valence-electron chi connectivity index (χ1n) is 5.04. The lowest BCUT2D eigenvalue weighted by Gasteiger charge is -2.09. The van der Waals surface area contributed by atoms with E-state index < -0.39 is 0 Å². The van der Waals surface area contributed by atoms with Gasteiger partial charge in [0.25, 0.3) is 0 Å². The maximum Gasteiger partial charge on any atom is 0.0479 e. The van der Waals surface area contributed by atoms with Crippen LogP contribution < -0.4 is 5.32 Å². The van der Waals surface area contributed by atoms with E-state index in [1.807, 2.05) is 0 Å². The van der Waals surface area contributed by atoms with Crippen LogP contribution in [-0.2, 0) is 4.74 Å². The second-order valence-electron chi connectivity index (χ2n) is 3.59. The number of hydrogen-bond donors (Lipinski definition) is 1. The van der Waals surface area contributed by atoms with Gasteiger partial charge in [-0.1, -0.05) is 12.1 Å². The van der Waals surface area contributed by atoms with E-state index in [-0.39, 0.29) is 0 Å². The molecular weight excluding hydrogens is 174 g/mol. The summed E-state index contributed by atoms with van der Waals surface area (Å²) in [5, 5.41) is 3.41. The fourth-order valence-corrected chi connectivity index (χ4v) is 1.37. The SMILES string of the molecule is COCCCNc1cc(C)ccc1C. The van der Waals surface area contributed by atoms with Gasteiger partial charge in [-0.2, -0.15) is 0 Å². The molecule has 0 bridgehead atoms. The van der Waals surface area contributed by atoms with Gasteiger partial charge in [-0.15, -0.1) is 0 Å². The molecule has 0 aliphatic heterocycles. The van der Waals surface area contributed by atoms with E-state index in [2.05, 4.69) is 37.4 Å². The molecule has 0 radical (unpaired) electrons. The molecule has 2 nitrogen and oxygen atoms in total. The summed E-state index contributed by atoms with van der Waals surface area (Å²) in [6, 6.07) is 6.46. The van der Waals surface area contributed by atoms with Crippen molar-refractivity contribution in [3.05, 3.63) is 29.3 Å². The Bertz CT molecular complexity index is 284. The van der Waals surface area contributed by atoms with Gasteiger partial charge in [0.15, 0.2) is 0 Å². The molecule has 1 aromatic carbocycles. The van der Waals surface area contributed by atoms with Crippen molar-refractivity contribution >= 4 is 5.69 Å². The summed E-state index contributed by atoms with van der Waals surface area (Å²) in [5.41, 5.74) is 3.83. The molecule has 2 heteroatoms. The van der Waals surface area contributed by atoms with Crippen LogP contribution in [0.3, 0.4) is 0 Å². The minimum absolute atomic E-state index is 0.817. The first kappa shape index (κ1) is 11.1. The van der Waals surface area contributed by atoms with Crippen LogP contribution in [0, 0.1) is 13.8 Å². The van der Waals surface area contributed by atoms with Crippen LogP contribution in [0.4, 0.5) is 5.69 Å². The van der Waals surface area contributed by atoms with Gasteiger partial charge in [-0.3, -0.25) is 0 Å². The first-order chi connectivity index (χ1) is 6.74. The second kappa shape index (κ2) is 5.66. The Morgan fingerprint density at radius 1 is 1.29 bits per heavy atom. The molecule has 0 aliphatic rings. The third kappa shape index (κ3) is 3.38. The lowest BCUT2D eigenvalue weighted by atomic mass is 10.1. The van der Waals surface area contributed by atoms with E-state index in [0.717, 1.165) is 19.6 Å². The van der Waals surface area contributed by atoms with E-state index in [1.54, 1.807) is 7.11 Å². The van der Waals surface area contributed by atoms with Crippen LogP contribution in [0.25, 0.3) is 0 Å². The zero-order valence-corrected chi connectivity index (χ0v) is 9.26. The van der Waals surface area contributed by atoms with E-state index in [1.165, 1.54) is 16.8 Å². The molecule has 0 atom stereocenters. The summed E-state index contributed by atoms with van der Waals surface area (Å²) in [5.74, 6) is 0. The van der Waals surface area contributed by atoms with Gasteiger partial charge in [-0.05, 0) is 37.5 Å². The number of aryl methyl sites for hydroxylation is 2. The van der Waals surface area contributed by atoms with E-state index in [9.17, 15) is 0 Å². The smallest absolute Gasteiger partial charge is 0.0479 e. The minimum atomic E-state index is 0.817. The summed E-state index contributed by atoms with van der Waals surface area (Å²) in [6.45, 7) is 6.02. The number of nitrogens with one attached hydrogen (secondary N) is 1. The van der Waals surface area contributed by atoms with Crippen molar-refractivity contribution in [3.63, 3.8) is 0 Å². The van der Waals surface area contributed by atoms with Gasteiger partial charge in [0.2, 0.25) is 0 Å². The number of anilines is 1. The Morgan fingerprint density at radius 3 is 2.79 bits per heavy atom. The molecule has 0 aromatic heterocycles. The van der Waals surface area contributed by atoms with Crippen molar-refractivity contribution in [2.75, 3.05) is 25.6 Å². The number of benzene rings is 1. The van der Waals surface area contributed by atoms with Gasteiger partial charge in [-0.25, -0.2) is 0 Å². The molecule has 1 rings (SSSR count). The van der Waals surface area contributed by atoms with Crippen LogP contribution >= 0.6 is 0 Å². The summed E-state index contributed by atoms with van der Waals surface area (Å²) < 4.78 is 4.99.